The summed E-state index contributed by atoms with van der Waals surface area (Å²) in [5, 5.41) is 14.6. The Kier molecular flexibility index (Phi) is 3.69. The third-order valence-corrected chi connectivity index (χ3v) is 5.44. The molecule has 1 fully saturated rings. The van der Waals surface area contributed by atoms with Gasteiger partial charge in [-0.1, -0.05) is 11.3 Å². The number of nitrogens with zero attached hydrogens (tertiary/aromatic N) is 4. The quantitative estimate of drug-likeness (QED) is 0.767. The van der Waals surface area contributed by atoms with Gasteiger partial charge in [-0.3, -0.25) is 0 Å². The zero-order chi connectivity index (χ0) is 17.6. The van der Waals surface area contributed by atoms with Crippen molar-refractivity contribution in [2.45, 2.75) is 12.0 Å². The largest absolute Gasteiger partial charge is 0.479 e. The molecule has 2 aromatic heterocycles. The number of carboxylic acids is 1. The standard InChI is InChI=1S/C16H15FN4O3S/c1-24-16(13(22)23)6-7-20(9-16)15-19-21-8-12(18-14(21)25-15)10-2-4-11(17)5-3-10/h2-5,8H,6-7,9H2,1H3,(H,22,23). The zero-order valence-corrected chi connectivity index (χ0v) is 14.2. The van der Waals surface area contributed by atoms with Crippen LogP contribution in [0.3, 0.4) is 0 Å². The summed E-state index contributed by atoms with van der Waals surface area (Å²) < 4.78 is 19.9. The lowest BCUT2D eigenvalue weighted by Crippen LogP contribution is -2.43. The van der Waals surface area contributed by atoms with E-state index in [1.807, 2.05) is 4.90 Å². The second kappa shape index (κ2) is 5.78. The maximum atomic E-state index is 13.0. The molecule has 3 aromatic rings. The Bertz CT molecular complexity index is 907. The maximum absolute atomic E-state index is 13.0. The summed E-state index contributed by atoms with van der Waals surface area (Å²) in [7, 11) is 1.42. The minimum absolute atomic E-state index is 0.250. The second-order valence-corrected chi connectivity index (χ2v) is 6.85. The lowest BCUT2D eigenvalue weighted by atomic mass is 10.0. The van der Waals surface area contributed by atoms with Crippen LogP contribution >= 0.6 is 11.3 Å². The molecular formula is C16H15FN4O3S. The van der Waals surface area contributed by atoms with Gasteiger partial charge < -0.3 is 14.7 Å². The number of hydrogen-bond acceptors (Lipinski definition) is 6. The van der Waals surface area contributed by atoms with Gasteiger partial charge in [-0.2, -0.15) is 0 Å². The molecule has 0 bridgehead atoms. The summed E-state index contributed by atoms with van der Waals surface area (Å²) in [6.45, 7) is 0.807. The van der Waals surface area contributed by atoms with Gasteiger partial charge in [0, 0.05) is 25.6 Å². The van der Waals surface area contributed by atoms with Gasteiger partial charge in [0.15, 0.2) is 5.60 Å². The highest BCUT2D eigenvalue weighted by atomic mass is 32.1. The highest BCUT2D eigenvalue weighted by Gasteiger charge is 2.46. The van der Waals surface area contributed by atoms with E-state index in [4.69, 9.17) is 4.74 Å². The normalized spacial score (nSPS) is 20.5. The van der Waals surface area contributed by atoms with Gasteiger partial charge in [-0.05, 0) is 24.3 Å². The molecule has 25 heavy (non-hydrogen) atoms. The highest BCUT2D eigenvalue weighted by molar-refractivity contribution is 7.20. The molecule has 7 nitrogen and oxygen atoms in total. The van der Waals surface area contributed by atoms with Gasteiger partial charge in [0.05, 0.1) is 18.4 Å². The van der Waals surface area contributed by atoms with Crippen LogP contribution in [-0.2, 0) is 9.53 Å². The SMILES string of the molecule is COC1(C(=O)O)CCN(c2nn3cc(-c4ccc(F)cc4)nc3s2)C1. The van der Waals surface area contributed by atoms with Crippen LogP contribution < -0.4 is 4.90 Å². The number of ether oxygens (including phenoxy) is 1. The summed E-state index contributed by atoms with van der Waals surface area (Å²) in [6.07, 6.45) is 2.18. The van der Waals surface area contributed by atoms with Crippen molar-refractivity contribution in [2.75, 3.05) is 25.1 Å². The van der Waals surface area contributed by atoms with E-state index in [9.17, 15) is 14.3 Å². The number of methoxy groups -OCH3 is 1. The summed E-state index contributed by atoms with van der Waals surface area (Å²) in [5.41, 5.74) is 0.335. The van der Waals surface area contributed by atoms with Crippen molar-refractivity contribution in [3.8, 4) is 11.3 Å². The molecule has 1 N–H and O–H groups in total. The number of carboxylic acid groups (broad SMARTS) is 1. The molecule has 1 atom stereocenters. The predicted molar refractivity (Wildman–Crippen MR) is 90.5 cm³/mol. The van der Waals surface area contributed by atoms with Gasteiger partial charge in [-0.25, -0.2) is 18.7 Å². The van der Waals surface area contributed by atoms with Crippen molar-refractivity contribution in [3.63, 3.8) is 0 Å². The number of aromatic nitrogens is 3. The molecule has 0 aliphatic carbocycles. The molecule has 0 radical (unpaired) electrons. The number of benzene rings is 1. The first kappa shape index (κ1) is 16.0. The molecule has 1 saturated heterocycles. The number of fused-ring (bicyclic) bond motifs is 1. The van der Waals surface area contributed by atoms with Crippen LogP contribution in [0.15, 0.2) is 30.5 Å². The first-order chi connectivity index (χ1) is 12.0. The Balaban J connectivity index is 1.60. The molecule has 130 valence electrons. The van der Waals surface area contributed by atoms with Crippen LogP contribution in [0.4, 0.5) is 9.52 Å². The van der Waals surface area contributed by atoms with Gasteiger partial charge in [-0.15, -0.1) is 5.10 Å². The van der Waals surface area contributed by atoms with E-state index in [1.54, 1.807) is 22.8 Å². The van der Waals surface area contributed by atoms with Crippen molar-refractivity contribution in [3.05, 3.63) is 36.3 Å². The summed E-state index contributed by atoms with van der Waals surface area (Å²) in [4.78, 5) is 18.6. The van der Waals surface area contributed by atoms with Crippen LogP contribution in [0.25, 0.3) is 16.2 Å². The lowest BCUT2D eigenvalue weighted by molar-refractivity contribution is -0.159. The number of rotatable bonds is 4. The number of carbonyl (C=O) groups is 1. The Morgan fingerprint density at radius 2 is 2.16 bits per heavy atom. The van der Waals surface area contributed by atoms with Crippen molar-refractivity contribution in [1.29, 1.82) is 0 Å². The molecule has 9 heteroatoms. The minimum atomic E-state index is -1.19. The molecule has 0 saturated carbocycles. The van der Waals surface area contributed by atoms with E-state index in [-0.39, 0.29) is 12.4 Å². The van der Waals surface area contributed by atoms with E-state index in [0.29, 0.717) is 28.8 Å². The van der Waals surface area contributed by atoms with E-state index >= 15 is 0 Å². The predicted octanol–water partition coefficient (Wildman–Crippen LogP) is 2.28. The summed E-state index contributed by atoms with van der Waals surface area (Å²) >= 11 is 1.38. The average molecular weight is 362 g/mol. The van der Waals surface area contributed by atoms with Gasteiger partial charge in [0.1, 0.15) is 5.82 Å². The molecule has 1 aliphatic rings. The zero-order valence-electron chi connectivity index (χ0n) is 13.3. The van der Waals surface area contributed by atoms with Crippen LogP contribution in [0.1, 0.15) is 6.42 Å². The number of aliphatic carboxylic acids is 1. The first-order valence-corrected chi connectivity index (χ1v) is 8.48. The fourth-order valence-corrected chi connectivity index (χ4v) is 3.86. The third kappa shape index (κ3) is 2.65. The topological polar surface area (TPSA) is 80.0 Å². The number of hydrogen-bond donors (Lipinski definition) is 1. The molecule has 3 heterocycles. The monoisotopic (exact) mass is 362 g/mol. The molecule has 0 spiro atoms. The molecule has 1 aliphatic heterocycles. The summed E-state index contributed by atoms with van der Waals surface area (Å²) in [6, 6.07) is 6.12. The number of imidazole rings is 1. The van der Waals surface area contributed by atoms with E-state index < -0.39 is 11.6 Å². The van der Waals surface area contributed by atoms with E-state index in [2.05, 4.69) is 10.1 Å². The van der Waals surface area contributed by atoms with Crippen molar-refractivity contribution < 1.29 is 19.0 Å². The number of halogens is 1. The Morgan fingerprint density at radius 3 is 2.76 bits per heavy atom. The Morgan fingerprint density at radius 1 is 1.40 bits per heavy atom. The van der Waals surface area contributed by atoms with Crippen molar-refractivity contribution in [1.82, 2.24) is 14.6 Å². The fraction of sp³-hybridized carbons (Fsp3) is 0.312. The van der Waals surface area contributed by atoms with Crippen LogP contribution in [0.2, 0.25) is 0 Å². The van der Waals surface area contributed by atoms with Gasteiger partial charge >= 0.3 is 5.97 Å². The van der Waals surface area contributed by atoms with Gasteiger partial charge in [0.2, 0.25) is 10.1 Å². The maximum Gasteiger partial charge on any atom is 0.337 e. The Hall–Kier alpha value is -2.52. The highest BCUT2D eigenvalue weighted by Crippen LogP contribution is 2.33. The van der Waals surface area contributed by atoms with Crippen LogP contribution in [0, 0.1) is 5.82 Å². The van der Waals surface area contributed by atoms with E-state index in [0.717, 1.165) is 5.56 Å². The molecule has 1 aromatic carbocycles. The summed E-state index contributed by atoms with van der Waals surface area (Å²) in [5.74, 6) is -1.25. The van der Waals surface area contributed by atoms with Crippen LogP contribution in [0.5, 0.6) is 0 Å². The third-order valence-electron chi connectivity index (χ3n) is 4.46. The second-order valence-electron chi connectivity index (χ2n) is 5.92. The number of anilines is 1. The first-order valence-electron chi connectivity index (χ1n) is 7.66. The smallest absolute Gasteiger partial charge is 0.337 e. The molecular weight excluding hydrogens is 347 g/mol. The van der Waals surface area contributed by atoms with Crippen LogP contribution in [-0.4, -0.2) is 51.5 Å². The Labute approximate surface area is 146 Å². The minimum Gasteiger partial charge on any atom is -0.479 e. The van der Waals surface area contributed by atoms with E-state index in [1.165, 1.54) is 30.6 Å². The molecule has 4 rings (SSSR count). The fourth-order valence-electron chi connectivity index (χ4n) is 2.95. The average Bonchev–Trinajstić information content (AvgIpc) is 3.28. The van der Waals surface area contributed by atoms with Crippen molar-refractivity contribution in [2.24, 2.45) is 0 Å². The molecule has 0 amide bonds. The molecule has 1 unspecified atom stereocenters. The lowest BCUT2D eigenvalue weighted by Gasteiger charge is -2.22. The van der Waals surface area contributed by atoms with Crippen molar-refractivity contribution >= 4 is 27.4 Å². The van der Waals surface area contributed by atoms with Gasteiger partial charge in [0.25, 0.3) is 0 Å².